The molecule has 0 bridgehead atoms. The van der Waals surface area contributed by atoms with E-state index in [1.54, 1.807) is 0 Å². The molecule has 0 radical (unpaired) electrons. The lowest BCUT2D eigenvalue weighted by Gasteiger charge is -2.13. The van der Waals surface area contributed by atoms with Gasteiger partial charge < -0.3 is 0 Å². The van der Waals surface area contributed by atoms with Gasteiger partial charge in [0.15, 0.2) is 0 Å². The lowest BCUT2D eigenvalue weighted by Crippen LogP contribution is -1.88. The summed E-state index contributed by atoms with van der Waals surface area (Å²) in [5, 5.41) is 0. The standard InChI is InChI=1S/C25H20/c1-19-9-8-14-23(17-19)24-16-15-22(20-10-4-2-5-11-20)18-25(24)21-12-6-3-7-13-21/h2-18H,1H3. The summed E-state index contributed by atoms with van der Waals surface area (Å²) in [6.45, 7) is 2.14. The van der Waals surface area contributed by atoms with E-state index in [2.05, 4.69) is 110 Å². The van der Waals surface area contributed by atoms with Crippen LogP contribution in [-0.4, -0.2) is 0 Å². The Bertz CT molecular complexity index is 983. The molecular formula is C25H20. The first-order valence-electron chi connectivity index (χ1n) is 8.63. The fourth-order valence-electron chi connectivity index (χ4n) is 3.28. The predicted octanol–water partition coefficient (Wildman–Crippen LogP) is 7.00. The van der Waals surface area contributed by atoms with Crippen LogP contribution in [0.3, 0.4) is 0 Å². The highest BCUT2D eigenvalue weighted by Crippen LogP contribution is 2.35. The van der Waals surface area contributed by atoms with Gasteiger partial charge in [0.25, 0.3) is 0 Å². The molecule has 25 heavy (non-hydrogen) atoms. The minimum absolute atomic E-state index is 1.25. The molecule has 4 aromatic rings. The van der Waals surface area contributed by atoms with Crippen molar-refractivity contribution >= 4 is 0 Å². The summed E-state index contributed by atoms with van der Waals surface area (Å²) in [5.41, 5.74) is 8.83. The molecule has 0 saturated heterocycles. The number of benzene rings is 4. The summed E-state index contributed by atoms with van der Waals surface area (Å²) >= 11 is 0. The van der Waals surface area contributed by atoms with Crippen LogP contribution in [-0.2, 0) is 0 Å². The molecule has 0 atom stereocenters. The van der Waals surface area contributed by atoms with Crippen LogP contribution in [0.4, 0.5) is 0 Å². The summed E-state index contributed by atoms with van der Waals surface area (Å²) < 4.78 is 0. The number of rotatable bonds is 3. The molecule has 4 rings (SSSR count). The highest BCUT2D eigenvalue weighted by Gasteiger charge is 2.09. The quantitative estimate of drug-likeness (QED) is 0.381. The van der Waals surface area contributed by atoms with Crippen molar-refractivity contribution < 1.29 is 0 Å². The monoisotopic (exact) mass is 320 g/mol. The van der Waals surface area contributed by atoms with Crippen LogP contribution in [0.1, 0.15) is 5.56 Å². The van der Waals surface area contributed by atoms with E-state index in [1.165, 1.54) is 38.9 Å². The molecule has 0 aliphatic rings. The predicted molar refractivity (Wildman–Crippen MR) is 107 cm³/mol. The first-order valence-corrected chi connectivity index (χ1v) is 8.63. The zero-order valence-corrected chi connectivity index (χ0v) is 14.3. The molecule has 4 aromatic carbocycles. The highest BCUT2D eigenvalue weighted by atomic mass is 14.1. The summed E-state index contributed by atoms with van der Waals surface area (Å²) in [4.78, 5) is 0. The summed E-state index contributed by atoms with van der Waals surface area (Å²) in [7, 11) is 0. The van der Waals surface area contributed by atoms with Crippen molar-refractivity contribution in [1.29, 1.82) is 0 Å². The largest absolute Gasteiger partial charge is 0.0622 e. The van der Waals surface area contributed by atoms with Crippen molar-refractivity contribution in [1.82, 2.24) is 0 Å². The molecule has 0 amide bonds. The maximum Gasteiger partial charge on any atom is -0.00992 e. The van der Waals surface area contributed by atoms with E-state index in [9.17, 15) is 0 Å². The van der Waals surface area contributed by atoms with Gasteiger partial charge >= 0.3 is 0 Å². The molecule has 0 spiro atoms. The van der Waals surface area contributed by atoms with Crippen LogP contribution in [0.5, 0.6) is 0 Å². The smallest absolute Gasteiger partial charge is 0.00992 e. The number of aryl methyl sites for hydroxylation is 1. The third-order valence-electron chi connectivity index (χ3n) is 4.54. The lowest BCUT2D eigenvalue weighted by molar-refractivity contribution is 1.46. The van der Waals surface area contributed by atoms with Crippen LogP contribution >= 0.6 is 0 Å². The van der Waals surface area contributed by atoms with E-state index in [0.29, 0.717) is 0 Å². The first-order chi connectivity index (χ1) is 12.3. The van der Waals surface area contributed by atoms with E-state index in [1.807, 2.05) is 0 Å². The van der Waals surface area contributed by atoms with Crippen molar-refractivity contribution in [2.24, 2.45) is 0 Å². The van der Waals surface area contributed by atoms with Gasteiger partial charge in [0, 0.05) is 0 Å². The van der Waals surface area contributed by atoms with Crippen molar-refractivity contribution in [3.8, 4) is 33.4 Å². The third kappa shape index (κ3) is 3.25. The Morgan fingerprint density at radius 3 is 1.72 bits per heavy atom. The molecule has 0 fully saturated rings. The minimum atomic E-state index is 1.25. The maximum atomic E-state index is 2.31. The fourth-order valence-corrected chi connectivity index (χ4v) is 3.28. The zero-order valence-electron chi connectivity index (χ0n) is 14.3. The zero-order chi connectivity index (χ0) is 17.1. The van der Waals surface area contributed by atoms with Gasteiger partial charge in [-0.1, -0.05) is 103 Å². The van der Waals surface area contributed by atoms with Crippen molar-refractivity contribution in [2.45, 2.75) is 6.92 Å². The average Bonchev–Trinajstić information content (AvgIpc) is 2.69. The van der Waals surface area contributed by atoms with E-state index >= 15 is 0 Å². The Labute approximate surface area is 149 Å². The Morgan fingerprint density at radius 1 is 0.400 bits per heavy atom. The topological polar surface area (TPSA) is 0 Å². The molecule has 0 heterocycles. The van der Waals surface area contributed by atoms with Gasteiger partial charge in [-0.2, -0.15) is 0 Å². The normalized spacial score (nSPS) is 10.6. The maximum absolute atomic E-state index is 2.31. The van der Waals surface area contributed by atoms with E-state index < -0.39 is 0 Å². The lowest BCUT2D eigenvalue weighted by atomic mass is 9.90. The third-order valence-corrected chi connectivity index (χ3v) is 4.54. The molecule has 0 saturated carbocycles. The molecule has 0 N–H and O–H groups in total. The molecule has 0 unspecified atom stereocenters. The minimum Gasteiger partial charge on any atom is -0.0622 e. The van der Waals surface area contributed by atoms with Crippen molar-refractivity contribution in [3.05, 3.63) is 109 Å². The average molecular weight is 320 g/mol. The van der Waals surface area contributed by atoms with E-state index in [0.717, 1.165) is 0 Å². The van der Waals surface area contributed by atoms with Crippen LogP contribution < -0.4 is 0 Å². The van der Waals surface area contributed by atoms with Gasteiger partial charge in [0.1, 0.15) is 0 Å². The molecule has 0 nitrogen and oxygen atoms in total. The van der Waals surface area contributed by atoms with Gasteiger partial charge in [-0.15, -0.1) is 0 Å². The molecule has 0 heteroatoms. The summed E-state index contributed by atoms with van der Waals surface area (Å²) in [6, 6.07) is 36.7. The van der Waals surface area contributed by atoms with Crippen LogP contribution in [0.25, 0.3) is 33.4 Å². The summed E-state index contributed by atoms with van der Waals surface area (Å²) in [5.74, 6) is 0. The van der Waals surface area contributed by atoms with E-state index in [-0.39, 0.29) is 0 Å². The number of hydrogen-bond acceptors (Lipinski definition) is 0. The van der Waals surface area contributed by atoms with Crippen molar-refractivity contribution in [3.63, 3.8) is 0 Å². The fraction of sp³-hybridized carbons (Fsp3) is 0.0400. The summed E-state index contributed by atoms with van der Waals surface area (Å²) in [6.07, 6.45) is 0. The van der Waals surface area contributed by atoms with Crippen molar-refractivity contribution in [2.75, 3.05) is 0 Å². The molecule has 0 aliphatic heterocycles. The van der Waals surface area contributed by atoms with Gasteiger partial charge in [0.05, 0.1) is 0 Å². The molecule has 0 aliphatic carbocycles. The van der Waals surface area contributed by atoms with Gasteiger partial charge in [0.2, 0.25) is 0 Å². The van der Waals surface area contributed by atoms with Crippen LogP contribution in [0, 0.1) is 6.92 Å². The highest BCUT2D eigenvalue weighted by molar-refractivity contribution is 5.87. The van der Waals surface area contributed by atoms with Gasteiger partial charge in [-0.25, -0.2) is 0 Å². The molecule has 0 aromatic heterocycles. The second-order valence-electron chi connectivity index (χ2n) is 6.36. The van der Waals surface area contributed by atoms with Gasteiger partial charge in [-0.3, -0.25) is 0 Å². The van der Waals surface area contributed by atoms with Crippen LogP contribution in [0.15, 0.2) is 103 Å². The molecular weight excluding hydrogens is 300 g/mol. The number of hydrogen-bond donors (Lipinski definition) is 0. The molecule has 120 valence electrons. The Morgan fingerprint density at radius 2 is 1.04 bits per heavy atom. The Kier molecular flexibility index (Phi) is 4.18. The second-order valence-corrected chi connectivity index (χ2v) is 6.36. The Hall–Kier alpha value is -3.12. The van der Waals surface area contributed by atoms with Gasteiger partial charge in [-0.05, 0) is 46.4 Å². The SMILES string of the molecule is Cc1cccc(-c2ccc(-c3ccccc3)cc2-c2ccccc2)c1. The second kappa shape index (κ2) is 6.78. The van der Waals surface area contributed by atoms with E-state index in [4.69, 9.17) is 0 Å². The Balaban J connectivity index is 1.93. The first kappa shape index (κ1) is 15.4. The van der Waals surface area contributed by atoms with Crippen LogP contribution in [0.2, 0.25) is 0 Å².